The number of ether oxygens (including phenoxy) is 3. The third kappa shape index (κ3) is 6.09. The largest absolute Gasteiger partial charge is 0.496 e. The van der Waals surface area contributed by atoms with E-state index < -0.39 is 22.7 Å². The standard InChI is InChI=1S/C32H29ClFNO5S/c1-4-39-30(36)32(15-16-32)23-10-5-21(6-11-23)25-14-9-22(17-27(25)38-3)29-26(18-28(34)41-29)35-31(37)40-19(2)20-7-12-24(33)13-8-20/h5-14,17-19H,4,15-16H2,1-3H3,(H,35,37). The first-order valence-corrected chi connectivity index (χ1v) is 14.4. The maximum atomic E-state index is 14.4. The molecule has 1 aromatic heterocycles. The van der Waals surface area contributed by atoms with Gasteiger partial charge in [-0.1, -0.05) is 60.1 Å². The average Bonchev–Trinajstić information content (AvgIpc) is 3.70. The highest BCUT2D eigenvalue weighted by atomic mass is 35.5. The quantitative estimate of drug-likeness (QED) is 0.196. The van der Waals surface area contributed by atoms with E-state index >= 15 is 0 Å². The van der Waals surface area contributed by atoms with E-state index in [1.807, 2.05) is 49.4 Å². The molecule has 1 unspecified atom stereocenters. The van der Waals surface area contributed by atoms with Crippen LogP contribution in [-0.4, -0.2) is 25.8 Å². The second-order valence-corrected chi connectivity index (χ2v) is 11.3. The Morgan fingerprint density at radius 2 is 1.71 bits per heavy atom. The third-order valence-electron chi connectivity index (χ3n) is 7.19. The predicted octanol–water partition coefficient (Wildman–Crippen LogP) is 8.79. The smallest absolute Gasteiger partial charge is 0.412 e. The van der Waals surface area contributed by atoms with Gasteiger partial charge in [0, 0.05) is 16.7 Å². The van der Waals surface area contributed by atoms with Gasteiger partial charge in [0.25, 0.3) is 0 Å². The number of halogens is 2. The zero-order valence-corrected chi connectivity index (χ0v) is 24.4. The van der Waals surface area contributed by atoms with Crippen molar-refractivity contribution in [2.24, 2.45) is 0 Å². The molecule has 1 fully saturated rings. The Kier molecular flexibility index (Phi) is 8.33. The number of hydrogen-bond acceptors (Lipinski definition) is 6. The number of methoxy groups -OCH3 is 1. The average molecular weight is 594 g/mol. The van der Waals surface area contributed by atoms with Crippen LogP contribution in [0.5, 0.6) is 5.75 Å². The molecule has 0 radical (unpaired) electrons. The van der Waals surface area contributed by atoms with Crippen molar-refractivity contribution in [3.05, 3.63) is 94.1 Å². The number of carbonyl (C=O) groups is 2. The van der Waals surface area contributed by atoms with Crippen molar-refractivity contribution in [1.82, 2.24) is 0 Å². The molecule has 4 aromatic rings. The molecular weight excluding hydrogens is 565 g/mol. The molecule has 1 saturated carbocycles. The van der Waals surface area contributed by atoms with Crippen LogP contribution in [0.2, 0.25) is 5.02 Å². The molecule has 0 bridgehead atoms. The second kappa shape index (κ2) is 11.9. The highest BCUT2D eigenvalue weighted by Gasteiger charge is 2.52. The van der Waals surface area contributed by atoms with E-state index in [0.29, 0.717) is 33.5 Å². The Balaban J connectivity index is 1.34. The Hall–Kier alpha value is -3.88. The van der Waals surface area contributed by atoms with Gasteiger partial charge in [0.05, 0.1) is 29.7 Å². The first kappa shape index (κ1) is 28.6. The van der Waals surface area contributed by atoms with Crippen molar-refractivity contribution in [2.75, 3.05) is 19.0 Å². The number of esters is 1. The molecule has 41 heavy (non-hydrogen) atoms. The number of hydrogen-bond donors (Lipinski definition) is 1. The summed E-state index contributed by atoms with van der Waals surface area (Å²) >= 11 is 6.85. The molecule has 6 nitrogen and oxygen atoms in total. The van der Waals surface area contributed by atoms with Crippen molar-refractivity contribution in [1.29, 1.82) is 0 Å². The highest BCUT2D eigenvalue weighted by Crippen LogP contribution is 2.50. The van der Waals surface area contributed by atoms with Crippen molar-refractivity contribution < 1.29 is 28.2 Å². The van der Waals surface area contributed by atoms with Crippen LogP contribution in [0.4, 0.5) is 14.9 Å². The summed E-state index contributed by atoms with van der Waals surface area (Å²) in [4.78, 5) is 25.7. The van der Waals surface area contributed by atoms with Gasteiger partial charge in [0.2, 0.25) is 0 Å². The molecule has 1 aliphatic carbocycles. The minimum absolute atomic E-state index is 0.175. The zero-order chi connectivity index (χ0) is 29.1. The Labute approximate surface area is 247 Å². The van der Waals surface area contributed by atoms with E-state index in [9.17, 15) is 14.0 Å². The summed E-state index contributed by atoms with van der Waals surface area (Å²) in [7, 11) is 1.57. The van der Waals surface area contributed by atoms with Gasteiger partial charge in [-0.3, -0.25) is 10.1 Å². The summed E-state index contributed by atoms with van der Waals surface area (Å²) in [5.41, 5.74) is 3.91. The van der Waals surface area contributed by atoms with Crippen LogP contribution in [0.3, 0.4) is 0 Å². The minimum atomic E-state index is -0.702. The van der Waals surface area contributed by atoms with Gasteiger partial charge in [0.1, 0.15) is 11.9 Å². The van der Waals surface area contributed by atoms with Crippen LogP contribution in [-0.2, 0) is 19.7 Å². The highest BCUT2D eigenvalue weighted by molar-refractivity contribution is 7.14. The van der Waals surface area contributed by atoms with E-state index in [0.717, 1.165) is 46.4 Å². The van der Waals surface area contributed by atoms with Gasteiger partial charge in [-0.25, -0.2) is 4.79 Å². The van der Waals surface area contributed by atoms with Crippen molar-refractivity contribution in [3.8, 4) is 27.3 Å². The van der Waals surface area contributed by atoms with E-state index in [2.05, 4.69) is 5.32 Å². The van der Waals surface area contributed by atoms with Crippen molar-refractivity contribution in [2.45, 2.75) is 38.2 Å². The Bertz CT molecular complexity index is 1560. The molecule has 1 heterocycles. The first-order valence-electron chi connectivity index (χ1n) is 13.2. The summed E-state index contributed by atoms with van der Waals surface area (Å²) in [5, 5.41) is 2.81. The van der Waals surface area contributed by atoms with E-state index in [-0.39, 0.29) is 5.97 Å². The molecule has 212 valence electrons. The maximum Gasteiger partial charge on any atom is 0.412 e. The number of nitrogens with one attached hydrogen (secondary N) is 1. The number of benzene rings is 3. The summed E-state index contributed by atoms with van der Waals surface area (Å²) in [6.07, 6.45) is 0.332. The lowest BCUT2D eigenvalue weighted by Crippen LogP contribution is -2.23. The minimum Gasteiger partial charge on any atom is -0.496 e. The maximum absolute atomic E-state index is 14.4. The summed E-state index contributed by atoms with van der Waals surface area (Å²) in [6.45, 7) is 3.92. The van der Waals surface area contributed by atoms with Gasteiger partial charge < -0.3 is 14.2 Å². The van der Waals surface area contributed by atoms with Gasteiger partial charge in [-0.15, -0.1) is 11.3 Å². The number of carbonyl (C=O) groups excluding carboxylic acids is 2. The first-order chi connectivity index (χ1) is 19.7. The van der Waals surface area contributed by atoms with E-state index in [1.165, 1.54) is 6.07 Å². The fourth-order valence-corrected chi connectivity index (χ4v) is 5.78. The fraction of sp³-hybridized carbons (Fsp3) is 0.250. The topological polar surface area (TPSA) is 73.9 Å². The molecule has 1 aliphatic rings. The molecule has 1 N–H and O–H groups in total. The lowest BCUT2D eigenvalue weighted by atomic mass is 9.93. The molecule has 0 saturated heterocycles. The van der Waals surface area contributed by atoms with Crippen LogP contribution < -0.4 is 10.1 Å². The van der Waals surface area contributed by atoms with Gasteiger partial charge in [-0.05, 0) is 67.1 Å². The molecule has 0 spiro atoms. The SMILES string of the molecule is CCOC(=O)C1(c2ccc(-c3ccc(-c4sc(F)cc4NC(=O)OC(C)c4ccc(Cl)cc4)cc3OC)cc2)CC1. The number of rotatable bonds is 9. The summed E-state index contributed by atoms with van der Waals surface area (Å²) in [5.74, 6) is 0.408. The van der Waals surface area contributed by atoms with Crippen LogP contribution in [0.1, 0.15) is 43.9 Å². The molecule has 1 amide bonds. The van der Waals surface area contributed by atoms with Gasteiger partial charge >= 0.3 is 12.1 Å². The monoisotopic (exact) mass is 593 g/mol. The van der Waals surface area contributed by atoms with Crippen LogP contribution in [0.15, 0.2) is 72.8 Å². The van der Waals surface area contributed by atoms with E-state index in [4.69, 9.17) is 25.8 Å². The van der Waals surface area contributed by atoms with Crippen molar-refractivity contribution in [3.63, 3.8) is 0 Å². The molecule has 9 heteroatoms. The molecule has 5 rings (SSSR count). The van der Waals surface area contributed by atoms with Crippen LogP contribution in [0.25, 0.3) is 21.6 Å². The van der Waals surface area contributed by atoms with E-state index in [1.54, 1.807) is 38.3 Å². The summed E-state index contributed by atoms with van der Waals surface area (Å²) in [6, 6.07) is 21.7. The molecule has 3 aromatic carbocycles. The predicted molar refractivity (Wildman–Crippen MR) is 159 cm³/mol. The number of amides is 1. The fourth-order valence-electron chi connectivity index (χ4n) is 4.81. The second-order valence-electron chi connectivity index (χ2n) is 9.81. The van der Waals surface area contributed by atoms with Crippen LogP contribution >= 0.6 is 22.9 Å². The summed E-state index contributed by atoms with van der Waals surface area (Å²) < 4.78 is 30.9. The Morgan fingerprint density at radius 3 is 2.34 bits per heavy atom. The zero-order valence-electron chi connectivity index (χ0n) is 22.8. The molecule has 0 aliphatic heterocycles. The van der Waals surface area contributed by atoms with Gasteiger partial charge in [-0.2, -0.15) is 4.39 Å². The lowest BCUT2D eigenvalue weighted by molar-refractivity contribution is -0.146. The molecular formula is C32H29ClFNO5S. The van der Waals surface area contributed by atoms with Crippen LogP contribution in [0, 0.1) is 5.13 Å². The third-order valence-corrected chi connectivity index (χ3v) is 8.41. The number of thiophene rings is 1. The Morgan fingerprint density at radius 1 is 1.02 bits per heavy atom. The van der Waals surface area contributed by atoms with Crippen molar-refractivity contribution >= 4 is 40.7 Å². The normalized spacial score (nSPS) is 14.2. The molecule has 1 atom stereocenters. The van der Waals surface area contributed by atoms with Gasteiger partial charge in [0.15, 0.2) is 5.13 Å². The lowest BCUT2D eigenvalue weighted by Gasteiger charge is -2.16. The number of anilines is 1.